The number of carboxylic acids is 1. The van der Waals surface area contributed by atoms with Gasteiger partial charge in [0.2, 0.25) is 0 Å². The summed E-state index contributed by atoms with van der Waals surface area (Å²) in [6, 6.07) is 1.49. The van der Waals surface area contributed by atoms with Crippen LogP contribution in [0, 0.1) is 0 Å². The van der Waals surface area contributed by atoms with Gasteiger partial charge in [0.15, 0.2) is 0 Å². The SMILES string of the molecule is CC(C)NC(=O)c1ccnn1CC(=O)O. The maximum absolute atomic E-state index is 11.6. The molecule has 6 heteroatoms. The summed E-state index contributed by atoms with van der Waals surface area (Å²) >= 11 is 0. The van der Waals surface area contributed by atoms with Crippen LogP contribution < -0.4 is 5.32 Å². The molecule has 0 saturated heterocycles. The maximum Gasteiger partial charge on any atom is 0.325 e. The highest BCUT2D eigenvalue weighted by atomic mass is 16.4. The minimum absolute atomic E-state index is 0.00526. The zero-order valence-electron chi connectivity index (χ0n) is 8.60. The van der Waals surface area contributed by atoms with Crippen molar-refractivity contribution in [3.05, 3.63) is 18.0 Å². The van der Waals surface area contributed by atoms with Gasteiger partial charge in [0.1, 0.15) is 12.2 Å². The molecule has 1 rings (SSSR count). The van der Waals surface area contributed by atoms with E-state index in [0.717, 1.165) is 4.68 Å². The first-order valence-corrected chi connectivity index (χ1v) is 4.55. The van der Waals surface area contributed by atoms with E-state index in [1.165, 1.54) is 12.3 Å². The fraction of sp³-hybridized carbons (Fsp3) is 0.444. The highest BCUT2D eigenvalue weighted by molar-refractivity contribution is 5.92. The number of nitrogens with one attached hydrogen (secondary N) is 1. The summed E-state index contributed by atoms with van der Waals surface area (Å²) in [5.74, 6) is -1.35. The normalized spacial score (nSPS) is 10.3. The second kappa shape index (κ2) is 4.59. The van der Waals surface area contributed by atoms with Crippen molar-refractivity contribution in [2.24, 2.45) is 0 Å². The second-order valence-electron chi connectivity index (χ2n) is 3.40. The number of nitrogens with zero attached hydrogens (tertiary/aromatic N) is 2. The molecule has 0 aliphatic heterocycles. The molecule has 1 amide bonds. The van der Waals surface area contributed by atoms with E-state index in [-0.39, 0.29) is 24.2 Å². The van der Waals surface area contributed by atoms with Crippen molar-refractivity contribution < 1.29 is 14.7 Å². The molecular weight excluding hydrogens is 198 g/mol. The van der Waals surface area contributed by atoms with Gasteiger partial charge in [-0.1, -0.05) is 0 Å². The summed E-state index contributed by atoms with van der Waals surface area (Å²) in [7, 11) is 0. The quantitative estimate of drug-likeness (QED) is 0.740. The van der Waals surface area contributed by atoms with E-state index in [2.05, 4.69) is 10.4 Å². The van der Waals surface area contributed by atoms with Gasteiger partial charge in [0, 0.05) is 12.2 Å². The van der Waals surface area contributed by atoms with Crippen molar-refractivity contribution in [3.8, 4) is 0 Å². The van der Waals surface area contributed by atoms with Gasteiger partial charge < -0.3 is 10.4 Å². The number of carbonyl (C=O) groups is 2. The van der Waals surface area contributed by atoms with Gasteiger partial charge in [-0.2, -0.15) is 5.10 Å². The molecule has 0 aliphatic rings. The van der Waals surface area contributed by atoms with Crippen LogP contribution >= 0.6 is 0 Å². The molecule has 0 atom stereocenters. The molecule has 0 radical (unpaired) electrons. The van der Waals surface area contributed by atoms with Crippen LogP contribution in [-0.4, -0.2) is 32.8 Å². The van der Waals surface area contributed by atoms with Gasteiger partial charge in [-0.3, -0.25) is 9.59 Å². The Kier molecular flexibility index (Phi) is 3.43. The van der Waals surface area contributed by atoms with Crippen LogP contribution in [0.2, 0.25) is 0 Å². The van der Waals surface area contributed by atoms with Gasteiger partial charge in [-0.15, -0.1) is 0 Å². The number of carboxylic acid groups (broad SMARTS) is 1. The number of carbonyl (C=O) groups excluding carboxylic acids is 1. The first-order valence-electron chi connectivity index (χ1n) is 4.55. The lowest BCUT2D eigenvalue weighted by Gasteiger charge is -2.08. The molecule has 0 aliphatic carbocycles. The van der Waals surface area contributed by atoms with Crippen LogP contribution in [0.4, 0.5) is 0 Å². The summed E-state index contributed by atoms with van der Waals surface area (Å²) in [6.07, 6.45) is 1.40. The predicted octanol–water partition coefficient (Wildman–Crippen LogP) is 0.106. The van der Waals surface area contributed by atoms with E-state index in [4.69, 9.17) is 5.11 Å². The fourth-order valence-corrected chi connectivity index (χ4v) is 1.12. The highest BCUT2D eigenvalue weighted by Gasteiger charge is 2.14. The first-order chi connectivity index (χ1) is 7.00. The monoisotopic (exact) mass is 211 g/mol. The van der Waals surface area contributed by atoms with E-state index in [1.54, 1.807) is 0 Å². The molecule has 0 spiro atoms. The number of aromatic nitrogens is 2. The Balaban J connectivity index is 2.80. The molecule has 1 aromatic heterocycles. The second-order valence-corrected chi connectivity index (χ2v) is 3.40. The predicted molar refractivity (Wildman–Crippen MR) is 52.5 cm³/mol. The summed E-state index contributed by atoms with van der Waals surface area (Å²) in [5, 5.41) is 15.0. The lowest BCUT2D eigenvalue weighted by Crippen LogP contribution is -2.32. The van der Waals surface area contributed by atoms with Crippen LogP contribution in [0.15, 0.2) is 12.3 Å². The molecule has 2 N–H and O–H groups in total. The van der Waals surface area contributed by atoms with E-state index >= 15 is 0 Å². The molecule has 6 nitrogen and oxygen atoms in total. The fourth-order valence-electron chi connectivity index (χ4n) is 1.12. The van der Waals surface area contributed by atoms with Crippen molar-refractivity contribution in [2.45, 2.75) is 26.4 Å². The summed E-state index contributed by atoms with van der Waals surface area (Å²) < 4.78 is 1.15. The Bertz CT molecular complexity index is 370. The minimum Gasteiger partial charge on any atom is -0.480 e. The third-order valence-electron chi connectivity index (χ3n) is 1.65. The average molecular weight is 211 g/mol. The topological polar surface area (TPSA) is 84.2 Å². The molecule has 1 aromatic rings. The minimum atomic E-state index is -1.03. The molecule has 0 saturated carbocycles. The summed E-state index contributed by atoms with van der Waals surface area (Å²) in [4.78, 5) is 22.0. The van der Waals surface area contributed by atoms with Crippen molar-refractivity contribution in [2.75, 3.05) is 0 Å². The third kappa shape index (κ3) is 3.08. The van der Waals surface area contributed by atoms with E-state index in [9.17, 15) is 9.59 Å². The summed E-state index contributed by atoms with van der Waals surface area (Å²) in [6.45, 7) is 3.35. The largest absolute Gasteiger partial charge is 0.480 e. The van der Waals surface area contributed by atoms with Gasteiger partial charge in [0.05, 0.1) is 0 Å². The lowest BCUT2D eigenvalue weighted by molar-refractivity contribution is -0.137. The van der Waals surface area contributed by atoms with Crippen molar-refractivity contribution in [1.29, 1.82) is 0 Å². The number of aliphatic carboxylic acids is 1. The molecule has 1 heterocycles. The third-order valence-corrected chi connectivity index (χ3v) is 1.65. The number of amides is 1. The molecule has 0 unspecified atom stereocenters. The first kappa shape index (κ1) is 11.2. The van der Waals surface area contributed by atoms with Crippen LogP contribution in [0.3, 0.4) is 0 Å². The summed E-state index contributed by atoms with van der Waals surface area (Å²) in [5.41, 5.74) is 0.256. The molecule has 82 valence electrons. The van der Waals surface area contributed by atoms with Gasteiger partial charge in [-0.25, -0.2) is 4.68 Å². The van der Waals surface area contributed by atoms with Crippen LogP contribution in [0.25, 0.3) is 0 Å². The van der Waals surface area contributed by atoms with Crippen molar-refractivity contribution >= 4 is 11.9 Å². The van der Waals surface area contributed by atoms with Crippen LogP contribution in [-0.2, 0) is 11.3 Å². The van der Waals surface area contributed by atoms with Crippen LogP contribution in [0.1, 0.15) is 24.3 Å². The zero-order chi connectivity index (χ0) is 11.4. The Labute approximate surface area is 86.9 Å². The Hall–Kier alpha value is -1.85. The van der Waals surface area contributed by atoms with Crippen LogP contribution in [0.5, 0.6) is 0 Å². The molecule has 0 aromatic carbocycles. The molecule has 0 bridgehead atoms. The molecule has 0 fully saturated rings. The van der Waals surface area contributed by atoms with Crippen molar-refractivity contribution in [3.63, 3.8) is 0 Å². The lowest BCUT2D eigenvalue weighted by atomic mass is 10.3. The van der Waals surface area contributed by atoms with Crippen molar-refractivity contribution in [1.82, 2.24) is 15.1 Å². The average Bonchev–Trinajstić information content (AvgIpc) is 2.49. The zero-order valence-corrected chi connectivity index (χ0v) is 8.60. The van der Waals surface area contributed by atoms with Gasteiger partial charge in [-0.05, 0) is 19.9 Å². The number of rotatable bonds is 4. The number of hydrogen-bond donors (Lipinski definition) is 2. The van der Waals surface area contributed by atoms with E-state index in [0.29, 0.717) is 0 Å². The Morgan fingerprint density at radius 3 is 2.80 bits per heavy atom. The standard InChI is InChI=1S/C9H13N3O3/c1-6(2)11-9(15)7-3-4-10-12(7)5-8(13)14/h3-4,6H,5H2,1-2H3,(H,11,15)(H,13,14). The van der Waals surface area contributed by atoms with Gasteiger partial charge in [0.25, 0.3) is 5.91 Å². The smallest absolute Gasteiger partial charge is 0.325 e. The van der Waals surface area contributed by atoms with E-state index in [1.807, 2.05) is 13.8 Å². The Morgan fingerprint density at radius 1 is 1.60 bits per heavy atom. The molecular formula is C9H13N3O3. The Morgan fingerprint density at radius 2 is 2.27 bits per heavy atom. The maximum atomic E-state index is 11.6. The van der Waals surface area contributed by atoms with Gasteiger partial charge >= 0.3 is 5.97 Å². The molecule has 15 heavy (non-hydrogen) atoms. The number of hydrogen-bond acceptors (Lipinski definition) is 3. The highest BCUT2D eigenvalue weighted by Crippen LogP contribution is 1.99. The van der Waals surface area contributed by atoms with E-state index < -0.39 is 5.97 Å².